The van der Waals surface area contributed by atoms with E-state index in [9.17, 15) is 4.79 Å². The van der Waals surface area contributed by atoms with Gasteiger partial charge in [-0.1, -0.05) is 28.1 Å². The Kier molecular flexibility index (Phi) is 4.08. The van der Waals surface area contributed by atoms with Gasteiger partial charge < -0.3 is 10.1 Å². The summed E-state index contributed by atoms with van der Waals surface area (Å²) >= 11 is 3.58. The van der Waals surface area contributed by atoms with E-state index in [0.29, 0.717) is 5.56 Å². The Hall–Kier alpha value is -1.65. The van der Waals surface area contributed by atoms with E-state index in [0.717, 1.165) is 28.8 Å². The first kappa shape index (κ1) is 14.3. The Balaban J connectivity index is 1.94. The number of ether oxygens (including phenoxy) is 1. The van der Waals surface area contributed by atoms with Crippen molar-refractivity contribution in [2.24, 2.45) is 0 Å². The van der Waals surface area contributed by atoms with Gasteiger partial charge in [0.2, 0.25) is 0 Å². The third-order valence-electron chi connectivity index (χ3n) is 3.83. The smallest absolute Gasteiger partial charge is 0.184 e. The van der Waals surface area contributed by atoms with Crippen molar-refractivity contribution in [1.82, 2.24) is 5.32 Å². The van der Waals surface area contributed by atoms with E-state index in [4.69, 9.17) is 4.74 Å². The van der Waals surface area contributed by atoms with Gasteiger partial charge in [-0.25, -0.2) is 0 Å². The average molecular weight is 346 g/mol. The fraction of sp³-hybridized carbons (Fsp3) is 0.235. The minimum atomic E-state index is -0.278. The van der Waals surface area contributed by atoms with Gasteiger partial charge in [-0.2, -0.15) is 0 Å². The normalized spacial score (nSPS) is 17.1. The number of benzene rings is 2. The molecule has 3 nitrogen and oxygen atoms in total. The van der Waals surface area contributed by atoms with Crippen LogP contribution >= 0.6 is 15.9 Å². The van der Waals surface area contributed by atoms with Gasteiger partial charge >= 0.3 is 0 Å². The van der Waals surface area contributed by atoms with Crippen LogP contribution in [-0.4, -0.2) is 19.4 Å². The molecule has 0 aliphatic carbocycles. The van der Waals surface area contributed by atoms with E-state index in [-0.39, 0.29) is 11.8 Å². The molecule has 0 saturated heterocycles. The molecule has 4 heteroatoms. The van der Waals surface area contributed by atoms with Crippen LogP contribution in [0.5, 0.6) is 5.75 Å². The minimum Gasteiger partial charge on any atom is -0.497 e. The average Bonchev–Trinajstić information content (AvgIpc) is 2.54. The molecule has 1 heterocycles. The number of fused-ring (bicyclic) bond motifs is 1. The van der Waals surface area contributed by atoms with Crippen LogP contribution in [0.1, 0.15) is 27.5 Å². The molecule has 0 spiro atoms. The molecule has 108 valence electrons. The molecule has 3 rings (SSSR count). The first-order valence-electron chi connectivity index (χ1n) is 6.89. The van der Waals surface area contributed by atoms with Crippen LogP contribution in [0.4, 0.5) is 0 Å². The number of carbonyl (C=O) groups excluding carboxylic acids is 1. The van der Waals surface area contributed by atoms with Crippen LogP contribution in [0.25, 0.3) is 0 Å². The van der Waals surface area contributed by atoms with Gasteiger partial charge in [-0.05, 0) is 47.9 Å². The lowest BCUT2D eigenvalue weighted by molar-refractivity contribution is 0.0939. The molecule has 21 heavy (non-hydrogen) atoms. The maximum Gasteiger partial charge on any atom is 0.184 e. The molecule has 1 atom stereocenters. The number of hydrogen-bond donors (Lipinski definition) is 1. The Labute approximate surface area is 132 Å². The largest absolute Gasteiger partial charge is 0.497 e. The maximum absolute atomic E-state index is 12.8. The number of rotatable bonds is 3. The zero-order chi connectivity index (χ0) is 14.8. The van der Waals surface area contributed by atoms with Gasteiger partial charge in [0, 0.05) is 16.6 Å². The van der Waals surface area contributed by atoms with Crippen molar-refractivity contribution in [3.63, 3.8) is 0 Å². The second-order valence-corrected chi connectivity index (χ2v) is 5.89. The van der Waals surface area contributed by atoms with E-state index in [1.165, 1.54) is 5.56 Å². The van der Waals surface area contributed by atoms with Gasteiger partial charge in [0.15, 0.2) is 5.78 Å². The molecule has 0 bridgehead atoms. The molecule has 2 aromatic carbocycles. The highest BCUT2D eigenvalue weighted by molar-refractivity contribution is 9.10. The van der Waals surface area contributed by atoms with Crippen molar-refractivity contribution >= 4 is 21.7 Å². The molecule has 1 N–H and O–H groups in total. The van der Waals surface area contributed by atoms with Crippen LogP contribution in [0.15, 0.2) is 46.9 Å². The van der Waals surface area contributed by atoms with Crippen molar-refractivity contribution in [2.45, 2.75) is 12.5 Å². The van der Waals surface area contributed by atoms with Crippen LogP contribution in [0.3, 0.4) is 0 Å². The van der Waals surface area contributed by atoms with Crippen LogP contribution in [0, 0.1) is 0 Å². The van der Waals surface area contributed by atoms with E-state index in [1.54, 1.807) is 7.11 Å². The Bertz CT molecular complexity index is 667. The van der Waals surface area contributed by atoms with Crippen molar-refractivity contribution in [3.8, 4) is 5.75 Å². The highest BCUT2D eigenvalue weighted by atomic mass is 79.9. The van der Waals surface area contributed by atoms with Gasteiger partial charge in [-0.15, -0.1) is 0 Å². The van der Waals surface area contributed by atoms with Crippen LogP contribution in [0.2, 0.25) is 0 Å². The van der Waals surface area contributed by atoms with Crippen molar-refractivity contribution in [2.75, 3.05) is 13.7 Å². The predicted molar refractivity (Wildman–Crippen MR) is 85.9 cm³/mol. The summed E-state index contributed by atoms with van der Waals surface area (Å²) in [6.45, 7) is 0.808. The quantitative estimate of drug-likeness (QED) is 0.865. The lowest BCUT2D eigenvalue weighted by Crippen LogP contribution is -2.35. The van der Waals surface area contributed by atoms with Crippen LogP contribution < -0.4 is 10.1 Å². The molecular weight excluding hydrogens is 330 g/mol. The van der Waals surface area contributed by atoms with E-state index >= 15 is 0 Å². The number of carbonyl (C=O) groups is 1. The molecule has 1 aliphatic rings. The van der Waals surface area contributed by atoms with Crippen molar-refractivity contribution < 1.29 is 9.53 Å². The molecular formula is C17H16BrNO2. The molecule has 0 aromatic heterocycles. The second-order valence-electron chi connectivity index (χ2n) is 5.04. The Morgan fingerprint density at radius 2 is 2.00 bits per heavy atom. The summed E-state index contributed by atoms with van der Waals surface area (Å²) in [6, 6.07) is 13.0. The summed E-state index contributed by atoms with van der Waals surface area (Å²) in [6.07, 6.45) is 0.934. The summed E-state index contributed by atoms with van der Waals surface area (Å²) in [4.78, 5) is 12.8. The van der Waals surface area contributed by atoms with E-state index in [2.05, 4.69) is 21.2 Å². The fourth-order valence-electron chi connectivity index (χ4n) is 2.72. The highest BCUT2D eigenvalue weighted by Crippen LogP contribution is 2.31. The molecule has 0 radical (unpaired) electrons. The van der Waals surface area contributed by atoms with E-state index < -0.39 is 0 Å². The summed E-state index contributed by atoms with van der Waals surface area (Å²) in [5.74, 6) is 0.850. The summed E-state index contributed by atoms with van der Waals surface area (Å²) in [5, 5.41) is 3.33. The molecule has 0 amide bonds. The maximum atomic E-state index is 12.8. The zero-order valence-corrected chi connectivity index (χ0v) is 13.3. The number of ketones is 1. The topological polar surface area (TPSA) is 38.3 Å². The molecule has 0 fully saturated rings. The Morgan fingerprint density at radius 1 is 1.24 bits per heavy atom. The third-order valence-corrected chi connectivity index (χ3v) is 4.57. The molecule has 0 saturated carbocycles. The van der Waals surface area contributed by atoms with Gasteiger partial charge in [0.05, 0.1) is 13.2 Å². The number of methoxy groups -OCH3 is 1. The van der Waals surface area contributed by atoms with E-state index in [1.807, 2.05) is 42.5 Å². The summed E-state index contributed by atoms with van der Waals surface area (Å²) < 4.78 is 6.21. The Morgan fingerprint density at radius 3 is 2.71 bits per heavy atom. The molecule has 2 aromatic rings. The number of Topliss-reactive ketones (excluding diaryl/α,β-unsaturated/α-hetero) is 1. The number of hydrogen-bond acceptors (Lipinski definition) is 3. The third kappa shape index (κ3) is 2.74. The number of halogens is 1. The van der Waals surface area contributed by atoms with Crippen molar-refractivity contribution in [1.29, 1.82) is 0 Å². The van der Waals surface area contributed by atoms with Crippen molar-refractivity contribution in [3.05, 3.63) is 63.6 Å². The first-order valence-corrected chi connectivity index (χ1v) is 7.69. The lowest BCUT2D eigenvalue weighted by Gasteiger charge is -2.26. The highest BCUT2D eigenvalue weighted by Gasteiger charge is 2.27. The summed E-state index contributed by atoms with van der Waals surface area (Å²) in [5.41, 5.74) is 2.99. The van der Waals surface area contributed by atoms with Gasteiger partial charge in [0.25, 0.3) is 0 Å². The van der Waals surface area contributed by atoms with Gasteiger partial charge in [0.1, 0.15) is 5.75 Å². The minimum absolute atomic E-state index is 0.0942. The molecule has 1 aliphatic heterocycles. The standard InChI is InChI=1S/C17H16BrNO2/c1-21-12-7-5-11(6-8-12)17(20)16-14-3-2-4-15(18)13(14)9-10-19-16/h2-8,16,19H,9-10H2,1H3. The second kappa shape index (κ2) is 6.00. The lowest BCUT2D eigenvalue weighted by atomic mass is 9.89. The molecule has 1 unspecified atom stereocenters. The predicted octanol–water partition coefficient (Wildman–Crippen LogP) is 3.53. The SMILES string of the molecule is COc1ccc(C(=O)C2NCCc3c(Br)cccc32)cc1. The van der Waals surface area contributed by atoms with Crippen LogP contribution in [-0.2, 0) is 6.42 Å². The number of nitrogens with one attached hydrogen (secondary N) is 1. The monoisotopic (exact) mass is 345 g/mol. The summed E-state index contributed by atoms with van der Waals surface area (Å²) in [7, 11) is 1.62. The first-order chi connectivity index (χ1) is 10.2. The zero-order valence-electron chi connectivity index (χ0n) is 11.7. The van der Waals surface area contributed by atoms with Gasteiger partial charge in [-0.3, -0.25) is 4.79 Å². The fourth-order valence-corrected chi connectivity index (χ4v) is 3.30.